The summed E-state index contributed by atoms with van der Waals surface area (Å²) in [4.78, 5) is 35.5. The van der Waals surface area contributed by atoms with Crippen LogP contribution in [-0.4, -0.2) is 74.9 Å². The van der Waals surface area contributed by atoms with E-state index >= 15 is 0 Å². The van der Waals surface area contributed by atoms with Gasteiger partial charge < -0.3 is 18.9 Å². The molecule has 0 spiro atoms. The Hall–Kier alpha value is -1.25. The first-order valence-corrected chi connectivity index (χ1v) is 31.9. The molecule has 70 heavy (non-hydrogen) atoms. The molecule has 0 radical (unpaired) electrons. The molecule has 0 amide bonds. The second-order valence-electron chi connectivity index (χ2n) is 22.1. The SMILES string of the molecule is CCCCCCCCCC/C=C\CCCCCCCCCCCCCCCCCCCCCCCCCCCC(=O)OC(COC(=O)CCCCCCCCCCC)COP(=O)(O)OCC[N+](C)(C)C. The van der Waals surface area contributed by atoms with Gasteiger partial charge in [-0.2, -0.15) is 0 Å². The van der Waals surface area contributed by atoms with Crippen LogP contribution in [-0.2, 0) is 32.7 Å². The van der Waals surface area contributed by atoms with Crippen LogP contribution in [0.1, 0.15) is 309 Å². The lowest BCUT2D eigenvalue weighted by atomic mass is 10.0. The molecule has 0 aliphatic carbocycles. The van der Waals surface area contributed by atoms with Gasteiger partial charge in [0.05, 0.1) is 27.7 Å². The van der Waals surface area contributed by atoms with E-state index in [1.54, 1.807) is 0 Å². The zero-order valence-electron chi connectivity index (χ0n) is 47.3. The molecule has 0 fully saturated rings. The lowest BCUT2D eigenvalue weighted by Gasteiger charge is -2.24. The van der Waals surface area contributed by atoms with Crippen molar-refractivity contribution in [2.24, 2.45) is 0 Å². The number of esters is 2. The zero-order chi connectivity index (χ0) is 51.3. The van der Waals surface area contributed by atoms with Crippen molar-refractivity contribution in [2.45, 2.75) is 315 Å². The Bertz CT molecular complexity index is 1190. The normalized spacial score (nSPS) is 13.3. The number of phosphoric ester groups is 1. The third-order valence-corrected chi connectivity index (χ3v) is 14.8. The molecule has 0 saturated heterocycles. The van der Waals surface area contributed by atoms with Gasteiger partial charge in [0.15, 0.2) is 6.10 Å². The van der Waals surface area contributed by atoms with E-state index in [1.807, 2.05) is 21.1 Å². The highest BCUT2D eigenvalue weighted by atomic mass is 31.2. The van der Waals surface area contributed by atoms with Crippen molar-refractivity contribution < 1.29 is 42.1 Å². The second-order valence-corrected chi connectivity index (χ2v) is 23.6. The highest BCUT2D eigenvalue weighted by molar-refractivity contribution is 7.47. The summed E-state index contributed by atoms with van der Waals surface area (Å²) in [5.41, 5.74) is 0. The summed E-state index contributed by atoms with van der Waals surface area (Å²) < 4.78 is 34.4. The van der Waals surface area contributed by atoms with Crippen LogP contribution < -0.4 is 0 Å². The number of unbranched alkanes of at least 4 members (excludes halogenated alkanes) is 41. The maximum absolute atomic E-state index is 12.8. The van der Waals surface area contributed by atoms with Crippen molar-refractivity contribution in [1.29, 1.82) is 0 Å². The van der Waals surface area contributed by atoms with E-state index in [2.05, 4.69) is 26.0 Å². The number of phosphoric acid groups is 1. The van der Waals surface area contributed by atoms with Gasteiger partial charge in [0.25, 0.3) is 0 Å². The number of hydrogen-bond acceptors (Lipinski definition) is 7. The summed E-state index contributed by atoms with van der Waals surface area (Å²) >= 11 is 0. The monoisotopic (exact) mass is 1010 g/mol. The molecule has 0 aromatic heterocycles. The van der Waals surface area contributed by atoms with Crippen LogP contribution in [0.25, 0.3) is 0 Å². The van der Waals surface area contributed by atoms with E-state index in [0.29, 0.717) is 17.4 Å². The minimum atomic E-state index is -4.37. The summed E-state index contributed by atoms with van der Waals surface area (Å²) in [5.74, 6) is -0.784. The van der Waals surface area contributed by atoms with E-state index in [4.69, 9.17) is 18.5 Å². The van der Waals surface area contributed by atoms with Crippen LogP contribution in [0.3, 0.4) is 0 Å². The van der Waals surface area contributed by atoms with Crippen molar-refractivity contribution in [1.82, 2.24) is 0 Å². The molecule has 0 aromatic carbocycles. The van der Waals surface area contributed by atoms with E-state index < -0.39 is 26.5 Å². The lowest BCUT2D eigenvalue weighted by Crippen LogP contribution is -2.37. The van der Waals surface area contributed by atoms with Gasteiger partial charge in [0, 0.05) is 12.8 Å². The van der Waals surface area contributed by atoms with Gasteiger partial charge in [-0.15, -0.1) is 0 Å². The molecule has 0 aromatic rings. The number of carbonyl (C=O) groups excluding carboxylic acids is 2. The Kier molecular flexibility index (Phi) is 51.7. The van der Waals surface area contributed by atoms with E-state index in [0.717, 1.165) is 38.5 Å². The number of ether oxygens (including phenoxy) is 2. The number of quaternary nitrogens is 1. The quantitative estimate of drug-likeness (QED) is 0.0211. The Labute approximate surface area is 435 Å². The minimum absolute atomic E-state index is 0.0362. The molecular weight excluding hydrogens is 894 g/mol. The number of rotatable bonds is 57. The molecule has 416 valence electrons. The second kappa shape index (κ2) is 52.6. The van der Waals surface area contributed by atoms with Crippen molar-refractivity contribution in [3.8, 4) is 0 Å². The van der Waals surface area contributed by atoms with Crippen LogP contribution >= 0.6 is 7.82 Å². The first-order chi connectivity index (χ1) is 34.0. The average Bonchev–Trinajstić information content (AvgIpc) is 3.32. The maximum atomic E-state index is 12.8. The summed E-state index contributed by atoms with van der Waals surface area (Å²) in [7, 11) is 1.50. The predicted molar refractivity (Wildman–Crippen MR) is 298 cm³/mol. The predicted octanol–water partition coefficient (Wildman–Crippen LogP) is 18.8. The summed E-state index contributed by atoms with van der Waals surface area (Å²) in [6, 6.07) is 0. The van der Waals surface area contributed by atoms with E-state index in [9.17, 15) is 19.0 Å². The standard InChI is InChI=1S/C60H118NO8P/c1-6-8-10-12-14-16-17-18-19-20-21-22-23-24-25-26-27-28-29-30-31-32-33-34-35-36-37-38-39-40-41-42-43-45-47-49-51-53-60(63)69-58(57-68-70(64,65)67-55-54-61(3,4)5)56-66-59(62)52-50-48-46-44-15-13-11-9-7-2/h20-21,58H,6-19,22-57H2,1-5H3/p+1/b21-20-. The smallest absolute Gasteiger partial charge is 0.462 e. The van der Waals surface area contributed by atoms with Gasteiger partial charge in [-0.05, 0) is 38.5 Å². The highest BCUT2D eigenvalue weighted by Crippen LogP contribution is 2.43. The first kappa shape index (κ1) is 68.8. The van der Waals surface area contributed by atoms with Gasteiger partial charge in [-0.1, -0.05) is 270 Å². The molecule has 2 unspecified atom stereocenters. The summed E-state index contributed by atoms with van der Waals surface area (Å²) in [6.07, 6.45) is 61.9. The van der Waals surface area contributed by atoms with Crippen LogP contribution in [0.4, 0.5) is 0 Å². The van der Waals surface area contributed by atoms with E-state index in [-0.39, 0.29) is 25.6 Å². The van der Waals surface area contributed by atoms with Crippen molar-refractivity contribution >= 4 is 19.8 Å². The largest absolute Gasteiger partial charge is 0.472 e. The number of likely N-dealkylation sites (N-methyl/N-ethyl adjacent to an activating group) is 1. The number of hydrogen-bond donors (Lipinski definition) is 1. The molecule has 2 atom stereocenters. The van der Waals surface area contributed by atoms with Crippen molar-refractivity contribution in [3.63, 3.8) is 0 Å². The Morgan fingerprint density at radius 2 is 0.729 bits per heavy atom. The fourth-order valence-corrected chi connectivity index (χ4v) is 9.81. The maximum Gasteiger partial charge on any atom is 0.472 e. The van der Waals surface area contributed by atoms with Gasteiger partial charge in [0.2, 0.25) is 0 Å². The molecule has 0 saturated carbocycles. The minimum Gasteiger partial charge on any atom is -0.462 e. The molecule has 0 heterocycles. The fraction of sp³-hybridized carbons (Fsp3) is 0.933. The molecule has 0 rings (SSSR count). The molecule has 9 nitrogen and oxygen atoms in total. The molecule has 0 bridgehead atoms. The van der Waals surface area contributed by atoms with Crippen LogP contribution in [0.15, 0.2) is 12.2 Å². The Morgan fingerprint density at radius 1 is 0.429 bits per heavy atom. The number of allylic oxidation sites excluding steroid dienone is 2. The molecule has 0 aliphatic rings. The lowest BCUT2D eigenvalue weighted by molar-refractivity contribution is -0.870. The van der Waals surface area contributed by atoms with E-state index in [1.165, 1.54) is 244 Å². The van der Waals surface area contributed by atoms with Gasteiger partial charge >= 0.3 is 19.8 Å². The fourth-order valence-electron chi connectivity index (χ4n) is 9.07. The summed E-state index contributed by atoms with van der Waals surface area (Å²) in [5, 5.41) is 0. The topological polar surface area (TPSA) is 108 Å². The number of nitrogens with zero attached hydrogens (tertiary/aromatic N) is 1. The molecule has 0 aliphatic heterocycles. The van der Waals surface area contributed by atoms with Gasteiger partial charge in [0.1, 0.15) is 19.8 Å². The number of carbonyl (C=O) groups is 2. The van der Waals surface area contributed by atoms with Gasteiger partial charge in [-0.3, -0.25) is 18.6 Å². The van der Waals surface area contributed by atoms with Crippen LogP contribution in [0.5, 0.6) is 0 Å². The summed E-state index contributed by atoms with van der Waals surface area (Å²) in [6.45, 7) is 4.45. The van der Waals surface area contributed by atoms with Crippen LogP contribution in [0.2, 0.25) is 0 Å². The zero-order valence-corrected chi connectivity index (χ0v) is 48.2. The first-order valence-electron chi connectivity index (χ1n) is 30.4. The molecule has 1 N–H and O–H groups in total. The highest BCUT2D eigenvalue weighted by Gasteiger charge is 2.27. The van der Waals surface area contributed by atoms with Crippen molar-refractivity contribution in [2.75, 3.05) is 47.5 Å². The Balaban J connectivity index is 3.81. The third kappa shape index (κ3) is 56.1. The van der Waals surface area contributed by atoms with Crippen LogP contribution in [0, 0.1) is 0 Å². The third-order valence-electron chi connectivity index (χ3n) is 13.8. The molecule has 10 heteroatoms. The average molecular weight is 1010 g/mol. The Morgan fingerprint density at radius 3 is 1.06 bits per heavy atom. The van der Waals surface area contributed by atoms with Gasteiger partial charge in [-0.25, -0.2) is 4.57 Å². The molecular formula is C60H119NO8P+. The van der Waals surface area contributed by atoms with Crippen molar-refractivity contribution in [3.05, 3.63) is 12.2 Å².